The van der Waals surface area contributed by atoms with Crippen molar-refractivity contribution in [3.05, 3.63) is 66.9 Å². The second-order valence-corrected chi connectivity index (χ2v) is 7.48. The molecule has 1 saturated heterocycles. The van der Waals surface area contributed by atoms with Crippen LogP contribution < -0.4 is 0 Å². The van der Waals surface area contributed by atoms with E-state index >= 15 is 0 Å². The van der Waals surface area contributed by atoms with Crippen molar-refractivity contribution < 1.29 is 22.4 Å². The summed E-state index contributed by atoms with van der Waals surface area (Å²) in [5.41, 5.74) is 1.56. The Morgan fingerprint density at radius 1 is 1.03 bits per heavy atom. The van der Waals surface area contributed by atoms with E-state index in [0.717, 1.165) is 12.1 Å². The van der Waals surface area contributed by atoms with Crippen molar-refractivity contribution in [2.75, 3.05) is 13.1 Å². The molecule has 1 aliphatic rings. The van der Waals surface area contributed by atoms with Crippen LogP contribution in [0, 0.1) is 0 Å². The number of hydrogen-bond acceptors (Lipinski definition) is 5. The van der Waals surface area contributed by atoms with Crippen LogP contribution >= 0.6 is 0 Å². The second kappa shape index (κ2) is 7.50. The molecule has 0 spiro atoms. The summed E-state index contributed by atoms with van der Waals surface area (Å²) >= 11 is 0. The molecule has 0 N–H and O–H groups in total. The maximum absolute atomic E-state index is 13.2. The first-order valence-corrected chi connectivity index (χ1v) is 9.79. The van der Waals surface area contributed by atoms with Crippen LogP contribution in [0.4, 0.5) is 17.6 Å². The number of benzene rings is 1. The number of likely N-dealkylation sites (tertiary alicyclic amines) is 1. The number of halogens is 4. The van der Waals surface area contributed by atoms with Crippen LogP contribution in [0.15, 0.2) is 61.3 Å². The Balaban J connectivity index is 1.62. The Bertz CT molecular complexity index is 1350. The highest BCUT2D eigenvalue weighted by Gasteiger charge is 2.36. The average molecular weight is 457 g/mol. The number of aromatic nitrogens is 6. The molecule has 5 rings (SSSR count). The van der Waals surface area contributed by atoms with Gasteiger partial charge in [0.2, 0.25) is 0 Å². The van der Waals surface area contributed by atoms with Crippen molar-refractivity contribution in [1.82, 2.24) is 34.7 Å². The van der Waals surface area contributed by atoms with E-state index < -0.39 is 23.5 Å². The fourth-order valence-electron chi connectivity index (χ4n) is 3.77. The zero-order chi connectivity index (χ0) is 23.3. The van der Waals surface area contributed by atoms with Crippen molar-refractivity contribution in [3.8, 4) is 16.9 Å². The molecule has 33 heavy (non-hydrogen) atoms. The summed E-state index contributed by atoms with van der Waals surface area (Å²) in [6.07, 6.45) is 0.0739. The van der Waals surface area contributed by atoms with Crippen LogP contribution in [0.1, 0.15) is 11.6 Å². The third kappa shape index (κ3) is 3.52. The number of alkyl halides is 3. The highest BCUT2D eigenvalue weighted by atomic mass is 19.4. The lowest BCUT2D eigenvalue weighted by molar-refractivity contribution is -0.137. The standard InChI is InChI=1S/C21H15F4N7O/c1-12(22)20(33)30-10-15(11-30)31-19-16(32-27-8-9-28-32)6-7-26-18(19)17(29-31)13-2-4-14(5-3-13)21(23,24)25/h2-9,15H,1,10-11H2. The van der Waals surface area contributed by atoms with Crippen molar-refractivity contribution in [3.63, 3.8) is 0 Å². The Hall–Kier alpha value is -4.09. The van der Waals surface area contributed by atoms with Crippen molar-refractivity contribution in [2.24, 2.45) is 0 Å². The maximum atomic E-state index is 13.2. The lowest BCUT2D eigenvalue weighted by Gasteiger charge is -2.39. The van der Waals surface area contributed by atoms with Gasteiger partial charge in [0.25, 0.3) is 5.91 Å². The Morgan fingerprint density at radius 2 is 1.70 bits per heavy atom. The fourth-order valence-corrected chi connectivity index (χ4v) is 3.77. The molecule has 12 heteroatoms. The number of carbonyl (C=O) groups is 1. The number of pyridine rings is 1. The molecular weight excluding hydrogens is 442 g/mol. The Morgan fingerprint density at radius 3 is 2.30 bits per heavy atom. The van der Waals surface area contributed by atoms with Crippen molar-refractivity contribution in [2.45, 2.75) is 12.2 Å². The first-order valence-electron chi connectivity index (χ1n) is 9.79. The SMILES string of the molecule is C=C(F)C(=O)N1CC(n2nc(-c3ccc(C(F)(F)F)cc3)c3nccc(-n4nccn4)c32)C1. The second-order valence-electron chi connectivity index (χ2n) is 7.48. The minimum Gasteiger partial charge on any atom is -0.332 e. The molecular formula is C21H15F4N7O. The number of fused-ring (bicyclic) bond motifs is 1. The lowest BCUT2D eigenvalue weighted by Crippen LogP contribution is -2.51. The van der Waals surface area contributed by atoms with Gasteiger partial charge >= 0.3 is 6.18 Å². The monoisotopic (exact) mass is 457 g/mol. The predicted octanol–water partition coefficient (Wildman–Crippen LogP) is 3.56. The van der Waals surface area contributed by atoms with Crippen molar-refractivity contribution >= 4 is 16.9 Å². The number of hydrogen-bond donors (Lipinski definition) is 0. The molecule has 3 aromatic heterocycles. The molecule has 1 amide bonds. The topological polar surface area (TPSA) is 81.7 Å². The summed E-state index contributed by atoms with van der Waals surface area (Å²) in [7, 11) is 0. The van der Waals surface area contributed by atoms with Gasteiger partial charge in [-0.05, 0) is 18.2 Å². The van der Waals surface area contributed by atoms with Gasteiger partial charge in [-0.25, -0.2) is 4.39 Å². The van der Waals surface area contributed by atoms with E-state index in [1.807, 2.05) is 0 Å². The predicted molar refractivity (Wildman–Crippen MR) is 109 cm³/mol. The third-order valence-electron chi connectivity index (χ3n) is 5.41. The smallest absolute Gasteiger partial charge is 0.332 e. The molecule has 0 radical (unpaired) electrons. The summed E-state index contributed by atoms with van der Waals surface area (Å²) in [6.45, 7) is 3.40. The number of carbonyl (C=O) groups excluding carboxylic acids is 1. The van der Waals surface area contributed by atoms with Crippen LogP contribution in [-0.4, -0.2) is 53.7 Å². The highest BCUT2D eigenvalue weighted by Crippen LogP contribution is 2.36. The van der Waals surface area contributed by atoms with Crippen LogP contribution in [0.2, 0.25) is 0 Å². The zero-order valence-electron chi connectivity index (χ0n) is 16.9. The van der Waals surface area contributed by atoms with E-state index in [1.54, 1.807) is 10.7 Å². The van der Waals surface area contributed by atoms with Crippen LogP contribution in [0.5, 0.6) is 0 Å². The summed E-state index contributed by atoms with van der Waals surface area (Å²) in [4.78, 5) is 18.9. The van der Waals surface area contributed by atoms with Gasteiger partial charge in [0.1, 0.15) is 22.4 Å². The molecule has 1 fully saturated rings. The van der Waals surface area contributed by atoms with Crippen LogP contribution in [0.25, 0.3) is 28.0 Å². The van der Waals surface area contributed by atoms with E-state index in [9.17, 15) is 22.4 Å². The summed E-state index contributed by atoms with van der Waals surface area (Å²) in [5.74, 6) is -1.84. The first kappa shape index (κ1) is 20.8. The van der Waals surface area contributed by atoms with E-state index in [4.69, 9.17) is 0 Å². The minimum absolute atomic E-state index is 0.186. The quantitative estimate of drug-likeness (QED) is 0.346. The molecule has 1 aromatic carbocycles. The normalized spacial score (nSPS) is 14.5. The van der Waals surface area contributed by atoms with Gasteiger partial charge in [0.15, 0.2) is 5.83 Å². The molecule has 8 nitrogen and oxygen atoms in total. The lowest BCUT2D eigenvalue weighted by atomic mass is 10.1. The molecule has 0 bridgehead atoms. The number of amides is 1. The van der Waals surface area contributed by atoms with Gasteiger partial charge in [-0.15, -0.1) is 4.80 Å². The van der Waals surface area contributed by atoms with Gasteiger partial charge in [0.05, 0.1) is 24.0 Å². The fraction of sp³-hybridized carbons (Fsp3) is 0.190. The summed E-state index contributed by atoms with van der Waals surface area (Å²) < 4.78 is 53.8. The van der Waals surface area contributed by atoms with Crippen LogP contribution in [0.3, 0.4) is 0 Å². The molecule has 168 valence electrons. The molecule has 1 aliphatic heterocycles. The molecule has 0 aliphatic carbocycles. The third-order valence-corrected chi connectivity index (χ3v) is 5.41. The Kier molecular flexibility index (Phi) is 4.73. The van der Waals surface area contributed by atoms with Crippen molar-refractivity contribution in [1.29, 1.82) is 0 Å². The van der Waals surface area contributed by atoms with Gasteiger partial charge < -0.3 is 4.90 Å². The van der Waals surface area contributed by atoms with Crippen LogP contribution in [-0.2, 0) is 11.0 Å². The largest absolute Gasteiger partial charge is 0.416 e. The minimum atomic E-state index is -4.46. The molecule has 4 aromatic rings. The zero-order valence-corrected chi connectivity index (χ0v) is 16.9. The van der Waals surface area contributed by atoms with E-state index in [1.165, 1.54) is 40.4 Å². The molecule has 0 saturated carbocycles. The summed E-state index contributed by atoms with van der Waals surface area (Å²) in [5, 5.41) is 12.9. The highest BCUT2D eigenvalue weighted by molar-refractivity contribution is 5.95. The van der Waals surface area contributed by atoms with E-state index in [0.29, 0.717) is 28.0 Å². The van der Waals surface area contributed by atoms with Gasteiger partial charge in [0, 0.05) is 24.8 Å². The molecule has 4 heterocycles. The van der Waals surface area contributed by atoms with Gasteiger partial charge in [-0.1, -0.05) is 18.7 Å². The van der Waals surface area contributed by atoms with Gasteiger partial charge in [-0.2, -0.15) is 28.5 Å². The number of nitrogens with zero attached hydrogens (tertiary/aromatic N) is 7. The summed E-state index contributed by atoms with van der Waals surface area (Å²) in [6, 6.07) is 6.00. The first-order chi connectivity index (χ1) is 15.7. The van der Waals surface area contributed by atoms with E-state index in [-0.39, 0.29) is 19.1 Å². The average Bonchev–Trinajstić information content (AvgIpc) is 3.41. The van der Waals surface area contributed by atoms with E-state index in [2.05, 4.69) is 26.9 Å². The molecule has 0 atom stereocenters. The Labute approximate surface area is 183 Å². The maximum Gasteiger partial charge on any atom is 0.416 e. The molecule has 0 unspecified atom stereocenters. The number of rotatable bonds is 4. The van der Waals surface area contributed by atoms with Gasteiger partial charge in [-0.3, -0.25) is 14.5 Å².